The van der Waals surface area contributed by atoms with E-state index in [1.807, 2.05) is 30.3 Å². The number of methoxy groups -OCH3 is 1. The number of phenols is 1. The molecule has 2 rings (SSSR count). The fraction of sp³-hybridized carbons (Fsp3) is 0.188. The second kappa shape index (κ2) is 6.73. The van der Waals surface area contributed by atoms with Crippen LogP contribution in [0.5, 0.6) is 11.5 Å². The molecule has 20 heavy (non-hydrogen) atoms. The normalized spacial score (nSPS) is 10.2. The number of hydrogen-bond acceptors (Lipinski definition) is 4. The molecule has 1 N–H and O–H groups in total. The smallest absolute Gasteiger partial charge is 0.192 e. The van der Waals surface area contributed by atoms with Crippen LogP contribution in [-0.2, 0) is 11.3 Å². The summed E-state index contributed by atoms with van der Waals surface area (Å²) in [6, 6.07) is 14.3. The van der Waals surface area contributed by atoms with Crippen LogP contribution in [-0.4, -0.2) is 24.6 Å². The summed E-state index contributed by atoms with van der Waals surface area (Å²) in [5.74, 6) is 0.151. The van der Waals surface area contributed by atoms with Crippen molar-refractivity contribution in [1.29, 1.82) is 0 Å². The van der Waals surface area contributed by atoms with Gasteiger partial charge in [0.2, 0.25) is 0 Å². The van der Waals surface area contributed by atoms with E-state index in [0.717, 1.165) is 5.56 Å². The highest BCUT2D eigenvalue weighted by atomic mass is 16.5. The third-order valence-electron chi connectivity index (χ3n) is 2.79. The molecule has 104 valence electrons. The Labute approximate surface area is 117 Å². The van der Waals surface area contributed by atoms with Crippen molar-refractivity contribution in [2.24, 2.45) is 0 Å². The van der Waals surface area contributed by atoms with Gasteiger partial charge in [0.05, 0.1) is 5.56 Å². The van der Waals surface area contributed by atoms with Crippen molar-refractivity contribution in [1.82, 2.24) is 0 Å². The van der Waals surface area contributed by atoms with Gasteiger partial charge in [0.1, 0.15) is 24.7 Å². The van der Waals surface area contributed by atoms with Gasteiger partial charge < -0.3 is 14.6 Å². The highest BCUT2D eigenvalue weighted by molar-refractivity contribution is 5.99. The first-order chi connectivity index (χ1) is 9.70. The van der Waals surface area contributed by atoms with Crippen LogP contribution < -0.4 is 4.74 Å². The number of Topliss-reactive ketones (excluding diaryl/α,β-unsaturated/α-hetero) is 1. The summed E-state index contributed by atoms with van der Waals surface area (Å²) in [5.41, 5.74) is 1.27. The summed E-state index contributed by atoms with van der Waals surface area (Å²) in [7, 11) is 1.44. The fourth-order valence-corrected chi connectivity index (χ4v) is 1.79. The molecule has 0 amide bonds. The Bertz CT molecular complexity index is 578. The van der Waals surface area contributed by atoms with E-state index in [-0.39, 0.29) is 23.7 Å². The number of phenolic OH excluding ortho intramolecular Hbond substituents is 1. The van der Waals surface area contributed by atoms with E-state index < -0.39 is 0 Å². The summed E-state index contributed by atoms with van der Waals surface area (Å²) in [6.45, 7) is 0.351. The molecule has 0 aliphatic carbocycles. The SMILES string of the molecule is COCC(=O)c1ccc(OCc2ccccc2)cc1O. The molecule has 4 nitrogen and oxygen atoms in total. The van der Waals surface area contributed by atoms with Crippen molar-refractivity contribution in [2.75, 3.05) is 13.7 Å². The van der Waals surface area contributed by atoms with Gasteiger partial charge in [-0.05, 0) is 17.7 Å². The van der Waals surface area contributed by atoms with Crippen LogP contribution >= 0.6 is 0 Å². The van der Waals surface area contributed by atoms with E-state index in [1.165, 1.54) is 19.2 Å². The molecule has 0 atom stereocenters. The molecular formula is C16H16O4. The number of ketones is 1. The first-order valence-electron chi connectivity index (χ1n) is 6.22. The minimum absolute atomic E-state index is 0.0578. The van der Waals surface area contributed by atoms with Gasteiger partial charge in [-0.3, -0.25) is 4.79 Å². The summed E-state index contributed by atoms with van der Waals surface area (Å²) in [4.78, 5) is 11.6. The molecule has 0 fully saturated rings. The lowest BCUT2D eigenvalue weighted by molar-refractivity contribution is 0.0845. The molecule has 0 aliphatic heterocycles. The highest BCUT2D eigenvalue weighted by Crippen LogP contribution is 2.24. The van der Waals surface area contributed by atoms with E-state index in [1.54, 1.807) is 6.07 Å². The van der Waals surface area contributed by atoms with Gasteiger partial charge in [-0.1, -0.05) is 30.3 Å². The van der Waals surface area contributed by atoms with Gasteiger partial charge >= 0.3 is 0 Å². The topological polar surface area (TPSA) is 55.8 Å². The lowest BCUT2D eigenvalue weighted by Gasteiger charge is -2.08. The predicted molar refractivity (Wildman–Crippen MR) is 75.1 cm³/mol. The van der Waals surface area contributed by atoms with Gasteiger partial charge in [0, 0.05) is 13.2 Å². The van der Waals surface area contributed by atoms with Crippen LogP contribution in [0.15, 0.2) is 48.5 Å². The van der Waals surface area contributed by atoms with Crippen molar-refractivity contribution < 1.29 is 19.4 Å². The van der Waals surface area contributed by atoms with Crippen LogP contribution in [0.3, 0.4) is 0 Å². The van der Waals surface area contributed by atoms with Crippen molar-refractivity contribution >= 4 is 5.78 Å². The van der Waals surface area contributed by atoms with Gasteiger partial charge in [-0.2, -0.15) is 0 Å². The van der Waals surface area contributed by atoms with E-state index in [0.29, 0.717) is 12.4 Å². The zero-order chi connectivity index (χ0) is 14.4. The monoisotopic (exact) mass is 272 g/mol. The average Bonchev–Trinajstić information content (AvgIpc) is 2.46. The number of hydrogen-bond donors (Lipinski definition) is 1. The maximum atomic E-state index is 11.6. The minimum Gasteiger partial charge on any atom is -0.507 e. The second-order valence-corrected chi connectivity index (χ2v) is 4.31. The molecule has 2 aromatic rings. The molecule has 2 aromatic carbocycles. The van der Waals surface area contributed by atoms with Crippen LogP contribution in [0, 0.1) is 0 Å². The molecule has 0 radical (unpaired) electrons. The highest BCUT2D eigenvalue weighted by Gasteiger charge is 2.11. The predicted octanol–water partition coefficient (Wildman–Crippen LogP) is 2.80. The zero-order valence-electron chi connectivity index (χ0n) is 11.2. The lowest BCUT2D eigenvalue weighted by atomic mass is 10.1. The van der Waals surface area contributed by atoms with E-state index in [2.05, 4.69) is 0 Å². The number of carbonyl (C=O) groups excluding carboxylic acids is 1. The first-order valence-corrected chi connectivity index (χ1v) is 6.22. The molecular weight excluding hydrogens is 256 g/mol. The van der Waals surface area contributed by atoms with Gasteiger partial charge in [0.15, 0.2) is 5.78 Å². The Hall–Kier alpha value is -2.33. The third kappa shape index (κ3) is 3.59. The van der Waals surface area contributed by atoms with Crippen molar-refractivity contribution in [2.45, 2.75) is 6.61 Å². The number of rotatable bonds is 6. The fourth-order valence-electron chi connectivity index (χ4n) is 1.79. The van der Waals surface area contributed by atoms with Gasteiger partial charge in [0.25, 0.3) is 0 Å². The molecule has 0 saturated carbocycles. The first kappa shape index (κ1) is 14.1. The second-order valence-electron chi connectivity index (χ2n) is 4.31. The Morgan fingerprint density at radius 1 is 1.15 bits per heavy atom. The Morgan fingerprint density at radius 3 is 2.55 bits per heavy atom. The number of benzene rings is 2. The molecule has 0 spiro atoms. The van der Waals surface area contributed by atoms with Crippen molar-refractivity contribution in [3.63, 3.8) is 0 Å². The lowest BCUT2D eigenvalue weighted by Crippen LogP contribution is -2.07. The summed E-state index contributed by atoms with van der Waals surface area (Å²) >= 11 is 0. The van der Waals surface area contributed by atoms with Crippen LogP contribution in [0.1, 0.15) is 15.9 Å². The molecule has 0 heterocycles. The molecule has 4 heteroatoms. The third-order valence-corrected chi connectivity index (χ3v) is 2.79. The molecule has 0 aliphatic rings. The van der Waals surface area contributed by atoms with E-state index in [4.69, 9.17) is 9.47 Å². The van der Waals surface area contributed by atoms with Crippen molar-refractivity contribution in [3.8, 4) is 11.5 Å². The Kier molecular flexibility index (Phi) is 4.74. The standard InChI is InChI=1S/C16H16O4/c1-19-11-16(18)14-8-7-13(9-15(14)17)20-10-12-5-3-2-4-6-12/h2-9,17H,10-11H2,1H3. The summed E-state index contributed by atoms with van der Waals surface area (Å²) < 4.78 is 10.3. The maximum Gasteiger partial charge on any atom is 0.192 e. The maximum absolute atomic E-state index is 11.6. The Balaban J connectivity index is 2.04. The number of aromatic hydroxyl groups is 1. The minimum atomic E-state index is -0.264. The summed E-state index contributed by atoms with van der Waals surface area (Å²) in [5, 5.41) is 9.83. The molecule has 0 unspecified atom stereocenters. The average molecular weight is 272 g/mol. The van der Waals surface area contributed by atoms with E-state index >= 15 is 0 Å². The van der Waals surface area contributed by atoms with Crippen molar-refractivity contribution in [3.05, 3.63) is 59.7 Å². The van der Waals surface area contributed by atoms with E-state index in [9.17, 15) is 9.90 Å². The van der Waals surface area contributed by atoms with Gasteiger partial charge in [-0.25, -0.2) is 0 Å². The zero-order valence-corrected chi connectivity index (χ0v) is 11.2. The quantitative estimate of drug-likeness (QED) is 0.821. The summed E-state index contributed by atoms with van der Waals surface area (Å²) in [6.07, 6.45) is 0. The van der Waals surface area contributed by atoms with Gasteiger partial charge in [-0.15, -0.1) is 0 Å². The largest absolute Gasteiger partial charge is 0.507 e. The van der Waals surface area contributed by atoms with Crippen LogP contribution in [0.25, 0.3) is 0 Å². The van der Waals surface area contributed by atoms with Crippen LogP contribution in [0.2, 0.25) is 0 Å². The molecule has 0 saturated heterocycles. The Morgan fingerprint density at radius 2 is 1.90 bits per heavy atom. The number of carbonyl (C=O) groups is 1. The number of ether oxygens (including phenoxy) is 2. The molecule has 0 aromatic heterocycles. The molecule has 0 bridgehead atoms. The van der Waals surface area contributed by atoms with Crippen LogP contribution in [0.4, 0.5) is 0 Å².